The normalized spacial score (nSPS) is 24.0. The number of hydrogen-bond acceptors (Lipinski definition) is 3. The van der Waals surface area contributed by atoms with Crippen LogP contribution in [0.1, 0.15) is 39.5 Å². The number of nitrogens with zero attached hydrogens (tertiary/aromatic N) is 1. The number of aliphatic carboxylic acids is 1. The van der Waals surface area contributed by atoms with Crippen molar-refractivity contribution in [2.45, 2.75) is 51.1 Å². The largest absolute Gasteiger partial charge is 0.479 e. The van der Waals surface area contributed by atoms with Gasteiger partial charge in [-0.05, 0) is 26.2 Å². The smallest absolute Gasteiger partial charge is 0.329 e. The van der Waals surface area contributed by atoms with Gasteiger partial charge in [0.25, 0.3) is 0 Å². The molecule has 1 fully saturated rings. The van der Waals surface area contributed by atoms with Crippen LogP contribution in [0.15, 0.2) is 0 Å². The van der Waals surface area contributed by atoms with Crippen LogP contribution < -0.4 is 11.1 Å². The van der Waals surface area contributed by atoms with Gasteiger partial charge in [-0.1, -0.05) is 6.92 Å². The molecule has 0 aromatic rings. The van der Waals surface area contributed by atoms with E-state index in [0.29, 0.717) is 25.8 Å². The maximum atomic E-state index is 12.1. The second kappa shape index (κ2) is 5.90. The van der Waals surface area contributed by atoms with Crippen LogP contribution in [0, 0.1) is 0 Å². The van der Waals surface area contributed by atoms with Gasteiger partial charge >= 0.3 is 12.0 Å². The van der Waals surface area contributed by atoms with Crippen LogP contribution in [-0.2, 0) is 9.59 Å². The van der Waals surface area contributed by atoms with Crippen molar-refractivity contribution in [2.24, 2.45) is 5.73 Å². The molecule has 0 aromatic heterocycles. The molecule has 1 saturated heterocycles. The molecule has 19 heavy (non-hydrogen) atoms. The zero-order valence-electron chi connectivity index (χ0n) is 11.3. The molecule has 1 aliphatic heterocycles. The van der Waals surface area contributed by atoms with E-state index in [9.17, 15) is 19.5 Å². The van der Waals surface area contributed by atoms with Gasteiger partial charge in [0.2, 0.25) is 5.91 Å². The van der Waals surface area contributed by atoms with Gasteiger partial charge in [-0.2, -0.15) is 0 Å². The fraction of sp³-hybridized carbons (Fsp3) is 0.750. The minimum Gasteiger partial charge on any atom is -0.479 e. The number of primary amides is 1. The average Bonchev–Trinajstić information content (AvgIpc) is 2.72. The van der Waals surface area contributed by atoms with Gasteiger partial charge in [0.1, 0.15) is 5.54 Å². The summed E-state index contributed by atoms with van der Waals surface area (Å²) in [6, 6.07) is -0.857. The molecule has 2 unspecified atom stereocenters. The standard InChI is InChI=1S/C12H21N3O4/c1-3-12(10(17)18)5-4-6-15(12)11(19)14-8(2)7-9(13)16/h8H,3-7H2,1-2H3,(H2,13,16)(H,14,19)(H,17,18). The lowest BCUT2D eigenvalue weighted by Gasteiger charge is -2.34. The van der Waals surface area contributed by atoms with Crippen LogP contribution in [0.3, 0.4) is 0 Å². The van der Waals surface area contributed by atoms with Crippen molar-refractivity contribution in [3.05, 3.63) is 0 Å². The second-order valence-electron chi connectivity index (χ2n) is 4.97. The number of carboxylic acids is 1. The molecule has 0 aromatic carbocycles. The van der Waals surface area contributed by atoms with Crippen LogP contribution in [0.2, 0.25) is 0 Å². The molecule has 108 valence electrons. The van der Waals surface area contributed by atoms with Crippen molar-refractivity contribution in [3.63, 3.8) is 0 Å². The fourth-order valence-electron chi connectivity index (χ4n) is 2.56. The highest BCUT2D eigenvalue weighted by atomic mass is 16.4. The van der Waals surface area contributed by atoms with E-state index in [1.807, 2.05) is 0 Å². The Kier molecular flexibility index (Phi) is 4.74. The molecular weight excluding hydrogens is 250 g/mol. The topological polar surface area (TPSA) is 113 Å². The minimum absolute atomic E-state index is 0.0335. The Morgan fingerprint density at radius 3 is 2.58 bits per heavy atom. The predicted molar refractivity (Wildman–Crippen MR) is 68.4 cm³/mol. The first kappa shape index (κ1) is 15.3. The third-order valence-corrected chi connectivity index (χ3v) is 3.59. The van der Waals surface area contributed by atoms with Gasteiger partial charge in [0.05, 0.1) is 0 Å². The Labute approximate surface area is 112 Å². The molecule has 0 saturated carbocycles. The molecule has 3 amide bonds. The molecule has 0 aliphatic carbocycles. The molecule has 0 radical (unpaired) electrons. The van der Waals surface area contributed by atoms with E-state index in [2.05, 4.69) is 5.32 Å². The zero-order chi connectivity index (χ0) is 14.6. The maximum absolute atomic E-state index is 12.1. The van der Waals surface area contributed by atoms with Crippen LogP contribution in [0.5, 0.6) is 0 Å². The van der Waals surface area contributed by atoms with Crippen LogP contribution >= 0.6 is 0 Å². The number of carbonyl (C=O) groups is 3. The Bertz CT molecular complexity index is 385. The van der Waals surface area contributed by atoms with E-state index < -0.39 is 29.5 Å². The molecule has 7 nitrogen and oxygen atoms in total. The molecule has 7 heteroatoms. The third-order valence-electron chi connectivity index (χ3n) is 3.59. The lowest BCUT2D eigenvalue weighted by Crippen LogP contribution is -2.57. The van der Waals surface area contributed by atoms with Crippen molar-refractivity contribution >= 4 is 17.9 Å². The Balaban J connectivity index is 2.75. The quantitative estimate of drug-likeness (QED) is 0.667. The summed E-state index contributed by atoms with van der Waals surface area (Å²) in [4.78, 5) is 35.7. The van der Waals surface area contributed by atoms with E-state index in [1.165, 1.54) is 4.90 Å². The van der Waals surface area contributed by atoms with E-state index in [4.69, 9.17) is 5.73 Å². The van der Waals surface area contributed by atoms with Gasteiger partial charge in [-0.25, -0.2) is 9.59 Å². The molecule has 0 bridgehead atoms. The molecule has 1 aliphatic rings. The third kappa shape index (κ3) is 3.15. The van der Waals surface area contributed by atoms with Crippen LogP contribution in [0.4, 0.5) is 4.79 Å². The van der Waals surface area contributed by atoms with E-state index in [-0.39, 0.29) is 6.42 Å². The summed E-state index contributed by atoms with van der Waals surface area (Å²) in [7, 11) is 0. The Hall–Kier alpha value is -1.79. The number of carbonyl (C=O) groups excluding carboxylic acids is 2. The summed E-state index contributed by atoms with van der Waals surface area (Å²) in [5, 5.41) is 12.0. The van der Waals surface area contributed by atoms with Crippen molar-refractivity contribution in [1.82, 2.24) is 10.2 Å². The van der Waals surface area contributed by atoms with Crippen molar-refractivity contribution < 1.29 is 19.5 Å². The van der Waals surface area contributed by atoms with Crippen molar-refractivity contribution in [2.75, 3.05) is 6.54 Å². The lowest BCUT2D eigenvalue weighted by molar-refractivity contribution is -0.148. The number of nitrogens with two attached hydrogens (primary N) is 1. The summed E-state index contributed by atoms with van der Waals surface area (Å²) >= 11 is 0. The average molecular weight is 271 g/mol. The van der Waals surface area contributed by atoms with Crippen LogP contribution in [0.25, 0.3) is 0 Å². The lowest BCUT2D eigenvalue weighted by atomic mass is 9.93. The first-order valence-corrected chi connectivity index (χ1v) is 6.43. The highest BCUT2D eigenvalue weighted by Crippen LogP contribution is 2.32. The number of nitrogens with one attached hydrogen (secondary N) is 1. The van der Waals surface area contributed by atoms with Gasteiger partial charge < -0.3 is 21.1 Å². The number of likely N-dealkylation sites (tertiary alicyclic amines) is 1. The first-order chi connectivity index (χ1) is 8.83. The number of hydrogen-bond donors (Lipinski definition) is 3. The molecule has 2 atom stereocenters. The van der Waals surface area contributed by atoms with Gasteiger partial charge in [0, 0.05) is 19.0 Å². The summed E-state index contributed by atoms with van der Waals surface area (Å²) in [5.74, 6) is -1.49. The number of amides is 3. The van der Waals surface area contributed by atoms with Gasteiger partial charge in [-0.15, -0.1) is 0 Å². The van der Waals surface area contributed by atoms with E-state index in [0.717, 1.165) is 0 Å². The van der Waals surface area contributed by atoms with Gasteiger partial charge in [-0.3, -0.25) is 4.79 Å². The summed E-state index contributed by atoms with van der Waals surface area (Å²) < 4.78 is 0. The monoisotopic (exact) mass is 271 g/mol. The molecule has 4 N–H and O–H groups in total. The number of urea groups is 1. The van der Waals surface area contributed by atoms with Gasteiger partial charge in [0.15, 0.2) is 0 Å². The number of rotatable bonds is 5. The summed E-state index contributed by atoms with van der Waals surface area (Å²) in [5.41, 5.74) is 3.92. The van der Waals surface area contributed by atoms with Crippen LogP contribution in [-0.4, -0.2) is 46.0 Å². The second-order valence-corrected chi connectivity index (χ2v) is 4.97. The predicted octanol–water partition coefficient (Wildman–Crippen LogP) is 0.289. The SMILES string of the molecule is CCC1(C(=O)O)CCCN1C(=O)NC(C)CC(N)=O. The Morgan fingerprint density at radius 2 is 2.11 bits per heavy atom. The fourth-order valence-corrected chi connectivity index (χ4v) is 2.56. The molecular formula is C12H21N3O4. The summed E-state index contributed by atoms with van der Waals surface area (Å²) in [6.07, 6.45) is 1.51. The maximum Gasteiger partial charge on any atom is 0.329 e. The van der Waals surface area contributed by atoms with Crippen molar-refractivity contribution in [3.8, 4) is 0 Å². The molecule has 1 heterocycles. The number of carboxylic acid groups (broad SMARTS) is 1. The Morgan fingerprint density at radius 1 is 1.47 bits per heavy atom. The molecule has 0 spiro atoms. The summed E-state index contributed by atoms with van der Waals surface area (Å²) in [6.45, 7) is 3.83. The minimum atomic E-state index is -1.13. The van der Waals surface area contributed by atoms with E-state index in [1.54, 1.807) is 13.8 Å². The highest BCUT2D eigenvalue weighted by Gasteiger charge is 2.48. The van der Waals surface area contributed by atoms with Crippen molar-refractivity contribution in [1.29, 1.82) is 0 Å². The zero-order valence-corrected chi connectivity index (χ0v) is 11.3. The highest BCUT2D eigenvalue weighted by molar-refractivity contribution is 5.87. The van der Waals surface area contributed by atoms with E-state index >= 15 is 0 Å². The molecule has 1 rings (SSSR count). The first-order valence-electron chi connectivity index (χ1n) is 6.43.